The zero-order valence-electron chi connectivity index (χ0n) is 7.07. The maximum atomic E-state index is 8.47. The van der Waals surface area contributed by atoms with Gasteiger partial charge in [0.1, 0.15) is 11.8 Å². The second kappa shape index (κ2) is 3.69. The lowest BCUT2D eigenvalue weighted by atomic mass is 10.3. The van der Waals surface area contributed by atoms with Gasteiger partial charge in [-0.05, 0) is 12.1 Å². The number of nitrogens with zero attached hydrogens (tertiary/aromatic N) is 3. The molecular formula is C8H10N4. The summed E-state index contributed by atoms with van der Waals surface area (Å²) in [6, 6.07) is 5.44. The van der Waals surface area contributed by atoms with Gasteiger partial charge in [-0.2, -0.15) is 5.26 Å². The van der Waals surface area contributed by atoms with Crippen molar-refractivity contribution >= 4 is 5.69 Å². The molecule has 1 N–H and O–H groups in total. The van der Waals surface area contributed by atoms with Gasteiger partial charge in [-0.3, -0.25) is 0 Å². The quantitative estimate of drug-likeness (QED) is 0.655. The molecule has 0 atom stereocenters. The molecule has 0 aliphatic heterocycles. The molecule has 0 amide bonds. The van der Waals surface area contributed by atoms with Crippen LogP contribution in [0, 0.1) is 11.3 Å². The fourth-order valence-electron chi connectivity index (χ4n) is 0.784. The summed E-state index contributed by atoms with van der Waals surface area (Å²) in [7, 11) is 3.77. The number of aromatic nitrogens is 1. The van der Waals surface area contributed by atoms with Crippen molar-refractivity contribution in [2.75, 3.05) is 19.5 Å². The van der Waals surface area contributed by atoms with Crippen LogP contribution in [-0.2, 0) is 0 Å². The summed E-state index contributed by atoms with van der Waals surface area (Å²) in [5.41, 5.74) is 4.32. The van der Waals surface area contributed by atoms with Crippen LogP contribution in [0.25, 0.3) is 0 Å². The first kappa shape index (κ1) is 8.50. The van der Waals surface area contributed by atoms with Gasteiger partial charge in [-0.25, -0.2) is 9.99 Å². The number of nitrogens with one attached hydrogen (secondary N) is 1. The van der Waals surface area contributed by atoms with Gasteiger partial charge in [-0.1, -0.05) is 0 Å². The first-order valence-electron chi connectivity index (χ1n) is 3.52. The molecule has 1 heterocycles. The van der Waals surface area contributed by atoms with Gasteiger partial charge in [0.2, 0.25) is 0 Å². The molecule has 1 aromatic heterocycles. The maximum absolute atomic E-state index is 8.47. The Morgan fingerprint density at radius 3 is 2.67 bits per heavy atom. The minimum atomic E-state index is 0.430. The zero-order chi connectivity index (χ0) is 8.97. The molecule has 0 radical (unpaired) electrons. The highest BCUT2D eigenvalue weighted by Crippen LogP contribution is 2.04. The number of hydrogen-bond donors (Lipinski definition) is 1. The molecule has 1 rings (SSSR count). The minimum absolute atomic E-state index is 0.430. The fourth-order valence-corrected chi connectivity index (χ4v) is 0.784. The summed E-state index contributed by atoms with van der Waals surface area (Å²) in [6.45, 7) is 0. The van der Waals surface area contributed by atoms with Crippen molar-refractivity contribution in [3.05, 3.63) is 24.0 Å². The van der Waals surface area contributed by atoms with E-state index in [-0.39, 0.29) is 0 Å². The lowest BCUT2D eigenvalue weighted by Gasteiger charge is -2.12. The number of anilines is 1. The Balaban J connectivity index is 2.73. The third kappa shape index (κ3) is 2.22. The van der Waals surface area contributed by atoms with Gasteiger partial charge in [0.15, 0.2) is 0 Å². The summed E-state index contributed by atoms with van der Waals surface area (Å²) in [5.74, 6) is 0. The van der Waals surface area contributed by atoms with Crippen LogP contribution in [0.3, 0.4) is 0 Å². The number of hydrogen-bond acceptors (Lipinski definition) is 4. The molecule has 0 fully saturated rings. The molecular weight excluding hydrogens is 152 g/mol. The van der Waals surface area contributed by atoms with Gasteiger partial charge in [0, 0.05) is 14.1 Å². The zero-order valence-corrected chi connectivity index (χ0v) is 7.07. The van der Waals surface area contributed by atoms with Gasteiger partial charge < -0.3 is 5.43 Å². The minimum Gasteiger partial charge on any atom is -0.318 e. The summed E-state index contributed by atoms with van der Waals surface area (Å²) in [6.07, 6.45) is 1.62. The molecule has 0 aliphatic carbocycles. The van der Waals surface area contributed by atoms with Gasteiger partial charge in [0.25, 0.3) is 0 Å². The van der Waals surface area contributed by atoms with Crippen LogP contribution < -0.4 is 5.43 Å². The van der Waals surface area contributed by atoms with E-state index in [1.54, 1.807) is 12.3 Å². The first-order chi connectivity index (χ1) is 5.72. The van der Waals surface area contributed by atoms with E-state index in [0.717, 1.165) is 5.69 Å². The van der Waals surface area contributed by atoms with Crippen LogP contribution in [0.5, 0.6) is 0 Å². The summed E-state index contributed by atoms with van der Waals surface area (Å²) in [5, 5.41) is 10.3. The SMILES string of the molecule is CN(C)Nc1ccc(C#N)nc1. The van der Waals surface area contributed by atoms with Gasteiger partial charge >= 0.3 is 0 Å². The molecule has 4 heteroatoms. The van der Waals surface area contributed by atoms with Crippen LogP contribution in [-0.4, -0.2) is 24.1 Å². The van der Waals surface area contributed by atoms with Crippen LogP contribution in [0.4, 0.5) is 5.69 Å². The Morgan fingerprint density at radius 1 is 1.50 bits per heavy atom. The van der Waals surface area contributed by atoms with Crippen molar-refractivity contribution < 1.29 is 0 Å². The number of pyridine rings is 1. The van der Waals surface area contributed by atoms with Crippen LogP contribution in [0.15, 0.2) is 18.3 Å². The smallest absolute Gasteiger partial charge is 0.140 e. The second-order valence-electron chi connectivity index (χ2n) is 2.55. The van der Waals surface area contributed by atoms with E-state index in [1.165, 1.54) is 0 Å². The van der Waals surface area contributed by atoms with Gasteiger partial charge in [-0.15, -0.1) is 0 Å². The van der Waals surface area contributed by atoms with Gasteiger partial charge in [0.05, 0.1) is 11.9 Å². The fraction of sp³-hybridized carbons (Fsp3) is 0.250. The largest absolute Gasteiger partial charge is 0.318 e. The molecule has 12 heavy (non-hydrogen) atoms. The average molecular weight is 162 g/mol. The van der Waals surface area contributed by atoms with Crippen LogP contribution in [0.1, 0.15) is 5.69 Å². The molecule has 0 aromatic carbocycles. The van der Waals surface area contributed by atoms with E-state index in [4.69, 9.17) is 5.26 Å². The Labute approximate surface area is 71.4 Å². The summed E-state index contributed by atoms with van der Waals surface area (Å²) in [4.78, 5) is 3.90. The number of rotatable bonds is 2. The van der Waals surface area contributed by atoms with Crippen molar-refractivity contribution in [1.82, 2.24) is 9.99 Å². The normalized spacial score (nSPS) is 9.50. The average Bonchev–Trinajstić information content (AvgIpc) is 2.05. The van der Waals surface area contributed by atoms with Crippen LogP contribution in [0.2, 0.25) is 0 Å². The molecule has 0 saturated carbocycles. The Morgan fingerprint density at radius 2 is 2.25 bits per heavy atom. The predicted octanol–water partition coefficient (Wildman–Crippen LogP) is 0.842. The standard InChI is InChI=1S/C8H10N4/c1-12(2)11-8-4-3-7(5-9)10-6-8/h3-4,6,11H,1-2H3. The van der Waals surface area contributed by atoms with E-state index in [9.17, 15) is 0 Å². The monoisotopic (exact) mass is 162 g/mol. The molecule has 0 unspecified atom stereocenters. The van der Waals surface area contributed by atoms with Crippen molar-refractivity contribution in [2.24, 2.45) is 0 Å². The van der Waals surface area contributed by atoms with Crippen molar-refractivity contribution in [3.8, 4) is 6.07 Å². The first-order valence-corrected chi connectivity index (χ1v) is 3.52. The molecule has 1 aromatic rings. The third-order valence-electron chi connectivity index (χ3n) is 1.23. The van der Waals surface area contributed by atoms with E-state index >= 15 is 0 Å². The van der Waals surface area contributed by atoms with Crippen molar-refractivity contribution in [2.45, 2.75) is 0 Å². The molecule has 4 nitrogen and oxygen atoms in total. The molecule has 0 bridgehead atoms. The lowest BCUT2D eigenvalue weighted by molar-refractivity contribution is 0.495. The molecule has 0 spiro atoms. The van der Waals surface area contributed by atoms with Crippen molar-refractivity contribution in [1.29, 1.82) is 5.26 Å². The summed E-state index contributed by atoms with van der Waals surface area (Å²) < 4.78 is 0. The van der Waals surface area contributed by atoms with Crippen LogP contribution >= 0.6 is 0 Å². The topological polar surface area (TPSA) is 52.0 Å². The highest BCUT2D eigenvalue weighted by Gasteiger charge is 1.93. The third-order valence-corrected chi connectivity index (χ3v) is 1.23. The van der Waals surface area contributed by atoms with E-state index < -0.39 is 0 Å². The lowest BCUT2D eigenvalue weighted by Crippen LogP contribution is -2.19. The Bertz CT molecular complexity index is 283. The molecule has 0 saturated heterocycles. The highest BCUT2D eigenvalue weighted by atomic mass is 15.5. The Kier molecular flexibility index (Phi) is 2.62. The molecule has 0 aliphatic rings. The number of hydrazine groups is 1. The van der Waals surface area contributed by atoms with E-state index in [1.807, 2.05) is 31.2 Å². The van der Waals surface area contributed by atoms with Crippen molar-refractivity contribution in [3.63, 3.8) is 0 Å². The maximum Gasteiger partial charge on any atom is 0.140 e. The summed E-state index contributed by atoms with van der Waals surface area (Å²) >= 11 is 0. The van der Waals surface area contributed by atoms with E-state index in [0.29, 0.717) is 5.69 Å². The molecule has 62 valence electrons. The number of nitriles is 1. The van der Waals surface area contributed by atoms with E-state index in [2.05, 4.69) is 10.4 Å². The Hall–Kier alpha value is -1.60. The highest BCUT2D eigenvalue weighted by molar-refractivity contribution is 5.41. The predicted molar refractivity (Wildman–Crippen MR) is 46.3 cm³/mol. The second-order valence-corrected chi connectivity index (χ2v) is 2.55.